The number of benzene rings is 2. The zero-order valence-electron chi connectivity index (χ0n) is 13.6. The van der Waals surface area contributed by atoms with Gasteiger partial charge in [0, 0.05) is 17.3 Å². The van der Waals surface area contributed by atoms with E-state index < -0.39 is 21.7 Å². The normalized spacial score (nSPS) is 11.2. The van der Waals surface area contributed by atoms with Crippen LogP contribution >= 0.6 is 0 Å². The molecule has 0 aliphatic rings. The standard InChI is InChI=1S/C17H14FN3O4S/c1-26(23,24)21-14-7-3-6-13(9-14)19-17(22)16-10-15(20-25-16)11-4-2-5-12(18)8-11/h2-10,21H,1H3,(H,19,22). The highest BCUT2D eigenvalue weighted by Crippen LogP contribution is 2.21. The number of rotatable bonds is 5. The lowest BCUT2D eigenvalue weighted by molar-refractivity contribution is 0.0988. The fourth-order valence-corrected chi connectivity index (χ4v) is 2.79. The maximum Gasteiger partial charge on any atom is 0.294 e. The Kier molecular flexibility index (Phi) is 4.72. The van der Waals surface area contributed by atoms with E-state index in [1.54, 1.807) is 24.3 Å². The smallest absolute Gasteiger partial charge is 0.294 e. The van der Waals surface area contributed by atoms with E-state index in [1.165, 1.54) is 30.3 Å². The molecule has 1 amide bonds. The average Bonchev–Trinajstić information content (AvgIpc) is 3.03. The molecular weight excluding hydrogens is 361 g/mol. The first-order valence-electron chi connectivity index (χ1n) is 7.42. The van der Waals surface area contributed by atoms with E-state index in [1.807, 2.05) is 0 Å². The molecule has 9 heteroatoms. The van der Waals surface area contributed by atoms with Crippen molar-refractivity contribution >= 4 is 27.3 Å². The van der Waals surface area contributed by atoms with E-state index in [0.29, 0.717) is 22.6 Å². The third kappa shape index (κ3) is 4.45. The van der Waals surface area contributed by atoms with Gasteiger partial charge in [0.2, 0.25) is 15.8 Å². The van der Waals surface area contributed by atoms with Gasteiger partial charge in [-0.25, -0.2) is 12.8 Å². The number of aromatic nitrogens is 1. The molecule has 3 rings (SSSR count). The fourth-order valence-electron chi connectivity index (χ4n) is 2.23. The quantitative estimate of drug-likeness (QED) is 0.714. The van der Waals surface area contributed by atoms with Crippen LogP contribution in [0.1, 0.15) is 10.6 Å². The van der Waals surface area contributed by atoms with Crippen LogP contribution < -0.4 is 10.0 Å². The summed E-state index contributed by atoms with van der Waals surface area (Å²) in [7, 11) is -3.43. The molecule has 0 saturated heterocycles. The molecule has 1 aromatic heterocycles. The summed E-state index contributed by atoms with van der Waals surface area (Å²) in [4.78, 5) is 12.3. The van der Waals surface area contributed by atoms with Gasteiger partial charge in [0.25, 0.3) is 5.91 Å². The number of hydrogen-bond donors (Lipinski definition) is 2. The molecule has 0 unspecified atom stereocenters. The summed E-state index contributed by atoms with van der Waals surface area (Å²) in [5, 5.41) is 6.34. The van der Waals surface area contributed by atoms with Gasteiger partial charge in [-0.1, -0.05) is 23.4 Å². The van der Waals surface area contributed by atoms with Crippen molar-refractivity contribution in [2.75, 3.05) is 16.3 Å². The molecule has 0 radical (unpaired) electrons. The van der Waals surface area contributed by atoms with Gasteiger partial charge in [0.15, 0.2) is 0 Å². The van der Waals surface area contributed by atoms with Crippen LogP contribution in [0, 0.1) is 5.82 Å². The fraction of sp³-hybridized carbons (Fsp3) is 0.0588. The maximum absolute atomic E-state index is 13.3. The van der Waals surface area contributed by atoms with E-state index in [4.69, 9.17) is 4.52 Å². The lowest BCUT2D eigenvalue weighted by Crippen LogP contribution is -2.12. The Morgan fingerprint density at radius 1 is 1.08 bits per heavy atom. The van der Waals surface area contributed by atoms with Crippen LogP contribution in [-0.4, -0.2) is 25.7 Å². The van der Waals surface area contributed by atoms with E-state index >= 15 is 0 Å². The molecule has 3 aromatic rings. The lowest BCUT2D eigenvalue weighted by Gasteiger charge is -2.07. The number of carbonyl (C=O) groups excluding carboxylic acids is 1. The maximum atomic E-state index is 13.3. The number of halogens is 1. The van der Waals surface area contributed by atoms with E-state index in [2.05, 4.69) is 15.2 Å². The first-order valence-corrected chi connectivity index (χ1v) is 9.31. The molecule has 0 atom stereocenters. The number of amides is 1. The minimum Gasteiger partial charge on any atom is -0.350 e. The predicted octanol–water partition coefficient (Wildman–Crippen LogP) is 3.10. The first-order chi connectivity index (χ1) is 12.3. The van der Waals surface area contributed by atoms with Crippen LogP contribution in [0.2, 0.25) is 0 Å². The first kappa shape index (κ1) is 17.6. The van der Waals surface area contributed by atoms with Gasteiger partial charge in [-0.15, -0.1) is 0 Å². The monoisotopic (exact) mass is 375 g/mol. The van der Waals surface area contributed by atoms with Gasteiger partial charge in [-0.05, 0) is 30.3 Å². The molecule has 26 heavy (non-hydrogen) atoms. The summed E-state index contributed by atoms with van der Waals surface area (Å²) in [5.41, 5.74) is 1.48. The van der Waals surface area contributed by atoms with Crippen molar-refractivity contribution in [3.05, 3.63) is 66.2 Å². The summed E-state index contributed by atoms with van der Waals surface area (Å²) in [6.45, 7) is 0. The van der Waals surface area contributed by atoms with Crippen LogP contribution in [0.5, 0.6) is 0 Å². The minimum absolute atomic E-state index is 0.0641. The summed E-state index contributed by atoms with van der Waals surface area (Å²) in [5.74, 6) is -1.06. The zero-order valence-corrected chi connectivity index (χ0v) is 14.4. The van der Waals surface area contributed by atoms with Crippen LogP contribution in [0.25, 0.3) is 11.3 Å². The molecule has 0 fully saturated rings. The summed E-state index contributed by atoms with van der Waals surface area (Å²) < 4.78 is 43.1. The Hall–Kier alpha value is -3.20. The van der Waals surface area contributed by atoms with Crippen molar-refractivity contribution in [1.29, 1.82) is 0 Å². The molecular formula is C17H14FN3O4S. The molecule has 0 aliphatic carbocycles. The second-order valence-corrected chi connectivity index (χ2v) is 7.24. The Morgan fingerprint density at radius 3 is 2.54 bits per heavy atom. The number of nitrogens with one attached hydrogen (secondary N) is 2. The molecule has 2 N–H and O–H groups in total. The highest BCUT2D eigenvalue weighted by atomic mass is 32.2. The van der Waals surface area contributed by atoms with Gasteiger partial charge in [0.05, 0.1) is 11.9 Å². The third-order valence-corrected chi connectivity index (χ3v) is 3.88. The molecule has 0 aliphatic heterocycles. The van der Waals surface area contributed by atoms with Crippen molar-refractivity contribution in [3.63, 3.8) is 0 Å². The summed E-state index contributed by atoms with van der Waals surface area (Å²) in [6, 6.07) is 13.3. The second-order valence-electron chi connectivity index (χ2n) is 5.50. The Morgan fingerprint density at radius 2 is 1.81 bits per heavy atom. The Balaban J connectivity index is 1.76. The predicted molar refractivity (Wildman–Crippen MR) is 94.8 cm³/mol. The van der Waals surface area contributed by atoms with Crippen molar-refractivity contribution < 1.29 is 22.1 Å². The average molecular weight is 375 g/mol. The van der Waals surface area contributed by atoms with Gasteiger partial charge in [-0.2, -0.15) is 0 Å². The number of sulfonamides is 1. The van der Waals surface area contributed by atoms with Crippen LogP contribution in [0.3, 0.4) is 0 Å². The molecule has 7 nitrogen and oxygen atoms in total. The van der Waals surface area contributed by atoms with E-state index in [0.717, 1.165) is 6.26 Å². The van der Waals surface area contributed by atoms with Crippen molar-refractivity contribution in [1.82, 2.24) is 5.16 Å². The SMILES string of the molecule is CS(=O)(=O)Nc1cccc(NC(=O)c2cc(-c3cccc(F)c3)no2)c1. The number of carbonyl (C=O) groups is 1. The summed E-state index contributed by atoms with van der Waals surface area (Å²) in [6.07, 6.45) is 1.03. The van der Waals surface area contributed by atoms with Crippen molar-refractivity contribution in [3.8, 4) is 11.3 Å². The third-order valence-electron chi connectivity index (χ3n) is 3.28. The largest absolute Gasteiger partial charge is 0.350 e. The van der Waals surface area contributed by atoms with Gasteiger partial charge in [0.1, 0.15) is 11.5 Å². The Labute approximate surface area is 148 Å². The van der Waals surface area contributed by atoms with E-state index in [9.17, 15) is 17.6 Å². The number of nitrogens with zero attached hydrogens (tertiary/aromatic N) is 1. The van der Waals surface area contributed by atoms with Gasteiger partial charge >= 0.3 is 0 Å². The molecule has 1 heterocycles. The van der Waals surface area contributed by atoms with Gasteiger partial charge < -0.3 is 9.84 Å². The van der Waals surface area contributed by atoms with Crippen LogP contribution in [-0.2, 0) is 10.0 Å². The molecule has 0 spiro atoms. The van der Waals surface area contributed by atoms with Crippen LogP contribution in [0.4, 0.5) is 15.8 Å². The lowest BCUT2D eigenvalue weighted by atomic mass is 10.1. The Bertz CT molecular complexity index is 1060. The molecule has 2 aromatic carbocycles. The second kappa shape index (κ2) is 6.96. The number of anilines is 2. The minimum atomic E-state index is -3.43. The van der Waals surface area contributed by atoms with Crippen LogP contribution in [0.15, 0.2) is 59.1 Å². The highest BCUT2D eigenvalue weighted by molar-refractivity contribution is 7.92. The summed E-state index contributed by atoms with van der Waals surface area (Å²) >= 11 is 0. The molecule has 134 valence electrons. The van der Waals surface area contributed by atoms with Crippen molar-refractivity contribution in [2.24, 2.45) is 0 Å². The van der Waals surface area contributed by atoms with Gasteiger partial charge in [-0.3, -0.25) is 9.52 Å². The van der Waals surface area contributed by atoms with E-state index in [-0.39, 0.29) is 5.76 Å². The molecule has 0 saturated carbocycles. The topological polar surface area (TPSA) is 101 Å². The molecule has 0 bridgehead atoms. The number of hydrogen-bond acceptors (Lipinski definition) is 5. The van der Waals surface area contributed by atoms with Crippen molar-refractivity contribution in [2.45, 2.75) is 0 Å². The zero-order chi connectivity index (χ0) is 18.7. The highest BCUT2D eigenvalue weighted by Gasteiger charge is 2.15.